The van der Waals surface area contributed by atoms with Crippen LogP contribution in [0.25, 0.3) is 11.4 Å². The Bertz CT molecular complexity index is 979. The van der Waals surface area contributed by atoms with E-state index in [1.54, 1.807) is 6.07 Å². The van der Waals surface area contributed by atoms with Gasteiger partial charge in [0.2, 0.25) is 12.6 Å². The minimum absolute atomic E-state index is 0.232. The Morgan fingerprint density at radius 1 is 1.11 bits per heavy atom. The number of rotatable bonds is 4. The van der Waals surface area contributed by atoms with Gasteiger partial charge in [0.1, 0.15) is 6.10 Å². The molecule has 0 amide bonds. The molecule has 2 aliphatic heterocycles. The standard InChI is InChI=1S/C20H18ClN3O4/c21-15-9-17-16(26-12-27-17)8-14(15)10-24-6-7-25-18(11-24)20-22-19(23-28-20)13-4-2-1-3-5-13/h1-5,8-9,18H,6-7,10-12H2/t18-/m0/s1. The van der Waals surface area contributed by atoms with Gasteiger partial charge in [0.25, 0.3) is 5.89 Å². The van der Waals surface area contributed by atoms with E-state index in [9.17, 15) is 0 Å². The Labute approximate surface area is 166 Å². The summed E-state index contributed by atoms with van der Waals surface area (Å²) in [5.41, 5.74) is 1.90. The van der Waals surface area contributed by atoms with Crippen molar-refractivity contribution in [1.29, 1.82) is 0 Å². The van der Waals surface area contributed by atoms with E-state index in [0.717, 1.165) is 23.4 Å². The van der Waals surface area contributed by atoms with E-state index in [0.29, 0.717) is 42.2 Å². The first-order chi connectivity index (χ1) is 13.8. The number of ether oxygens (including phenoxy) is 3. The molecule has 0 radical (unpaired) electrons. The summed E-state index contributed by atoms with van der Waals surface area (Å²) in [6.45, 7) is 2.92. The molecule has 28 heavy (non-hydrogen) atoms. The third-order valence-corrected chi connectivity index (χ3v) is 5.19. The summed E-state index contributed by atoms with van der Waals surface area (Å²) >= 11 is 6.42. The highest BCUT2D eigenvalue weighted by atomic mass is 35.5. The highest BCUT2D eigenvalue weighted by Gasteiger charge is 2.28. The van der Waals surface area contributed by atoms with Crippen LogP contribution in [-0.4, -0.2) is 41.5 Å². The molecular formula is C20H18ClN3O4. The largest absolute Gasteiger partial charge is 0.454 e. The zero-order valence-electron chi connectivity index (χ0n) is 15.0. The molecule has 144 valence electrons. The predicted octanol–water partition coefficient (Wildman–Crippen LogP) is 3.69. The first-order valence-corrected chi connectivity index (χ1v) is 9.45. The van der Waals surface area contributed by atoms with Gasteiger partial charge >= 0.3 is 0 Å². The van der Waals surface area contributed by atoms with Crippen LogP contribution >= 0.6 is 11.6 Å². The van der Waals surface area contributed by atoms with Crippen molar-refractivity contribution in [1.82, 2.24) is 15.0 Å². The smallest absolute Gasteiger partial charge is 0.257 e. The molecule has 0 unspecified atom stereocenters. The van der Waals surface area contributed by atoms with Crippen LogP contribution in [-0.2, 0) is 11.3 Å². The van der Waals surface area contributed by atoms with Crippen molar-refractivity contribution in [2.45, 2.75) is 12.6 Å². The Hall–Kier alpha value is -2.61. The summed E-state index contributed by atoms with van der Waals surface area (Å²) in [6.07, 6.45) is -0.272. The van der Waals surface area contributed by atoms with E-state index >= 15 is 0 Å². The number of benzene rings is 2. The van der Waals surface area contributed by atoms with Crippen LogP contribution in [0.3, 0.4) is 0 Å². The second-order valence-electron chi connectivity index (χ2n) is 6.71. The van der Waals surface area contributed by atoms with Crippen LogP contribution in [0, 0.1) is 0 Å². The second-order valence-corrected chi connectivity index (χ2v) is 7.12. The summed E-state index contributed by atoms with van der Waals surface area (Å²) in [5, 5.41) is 4.75. The summed E-state index contributed by atoms with van der Waals surface area (Å²) in [5.74, 6) is 2.47. The van der Waals surface area contributed by atoms with E-state index < -0.39 is 0 Å². The average Bonchev–Trinajstić information content (AvgIpc) is 3.39. The molecule has 0 bridgehead atoms. The van der Waals surface area contributed by atoms with Gasteiger partial charge in [0.15, 0.2) is 11.5 Å². The van der Waals surface area contributed by atoms with Crippen LogP contribution in [0.4, 0.5) is 0 Å². The maximum Gasteiger partial charge on any atom is 0.257 e. The monoisotopic (exact) mass is 399 g/mol. The van der Waals surface area contributed by atoms with Crippen molar-refractivity contribution in [2.75, 3.05) is 26.5 Å². The molecule has 0 aliphatic carbocycles. The third-order valence-electron chi connectivity index (χ3n) is 4.84. The minimum Gasteiger partial charge on any atom is -0.454 e. The summed E-state index contributed by atoms with van der Waals surface area (Å²) in [7, 11) is 0. The molecule has 8 heteroatoms. The highest BCUT2D eigenvalue weighted by Crippen LogP contribution is 2.37. The van der Waals surface area contributed by atoms with Crippen LogP contribution in [0.1, 0.15) is 17.6 Å². The number of fused-ring (bicyclic) bond motifs is 1. The summed E-state index contributed by atoms with van der Waals surface area (Å²) < 4.78 is 22.2. The molecule has 1 aromatic heterocycles. The fourth-order valence-corrected chi connectivity index (χ4v) is 3.60. The lowest BCUT2D eigenvalue weighted by Crippen LogP contribution is -2.38. The van der Waals surface area contributed by atoms with Crippen molar-refractivity contribution in [2.24, 2.45) is 0 Å². The molecule has 1 fully saturated rings. The van der Waals surface area contributed by atoms with Gasteiger partial charge in [0.05, 0.1) is 6.61 Å². The molecule has 2 aliphatic rings. The van der Waals surface area contributed by atoms with Gasteiger partial charge in [-0.2, -0.15) is 4.98 Å². The van der Waals surface area contributed by atoms with Gasteiger partial charge < -0.3 is 18.7 Å². The van der Waals surface area contributed by atoms with Crippen molar-refractivity contribution in [3.05, 3.63) is 58.9 Å². The van der Waals surface area contributed by atoms with Crippen molar-refractivity contribution < 1.29 is 18.7 Å². The van der Waals surface area contributed by atoms with Crippen LogP contribution < -0.4 is 9.47 Å². The molecule has 0 N–H and O–H groups in total. The Morgan fingerprint density at radius 3 is 2.79 bits per heavy atom. The molecule has 0 saturated carbocycles. The predicted molar refractivity (Wildman–Crippen MR) is 101 cm³/mol. The molecule has 2 aromatic carbocycles. The maximum absolute atomic E-state index is 6.42. The van der Waals surface area contributed by atoms with Gasteiger partial charge in [0, 0.05) is 36.3 Å². The number of hydrogen-bond donors (Lipinski definition) is 0. The normalized spacial score (nSPS) is 19.1. The molecule has 3 aromatic rings. The molecule has 1 saturated heterocycles. The molecule has 3 heterocycles. The van der Waals surface area contributed by atoms with Crippen LogP contribution in [0.5, 0.6) is 11.5 Å². The highest BCUT2D eigenvalue weighted by molar-refractivity contribution is 6.31. The van der Waals surface area contributed by atoms with Crippen LogP contribution in [0.15, 0.2) is 47.0 Å². The minimum atomic E-state index is -0.272. The maximum atomic E-state index is 6.42. The average molecular weight is 400 g/mol. The molecule has 7 nitrogen and oxygen atoms in total. The van der Waals surface area contributed by atoms with Gasteiger partial charge in [-0.3, -0.25) is 4.90 Å². The topological polar surface area (TPSA) is 69.9 Å². The van der Waals surface area contributed by atoms with E-state index in [-0.39, 0.29) is 12.9 Å². The number of morpholine rings is 1. The SMILES string of the molecule is Clc1cc2c(cc1CN1CCO[C@H](c3nc(-c4ccccc4)no3)C1)OCO2. The quantitative estimate of drug-likeness (QED) is 0.662. The number of nitrogens with zero attached hydrogens (tertiary/aromatic N) is 3. The van der Waals surface area contributed by atoms with E-state index in [2.05, 4.69) is 15.0 Å². The summed E-state index contributed by atoms with van der Waals surface area (Å²) in [4.78, 5) is 6.77. The van der Waals surface area contributed by atoms with Gasteiger partial charge in [-0.05, 0) is 11.6 Å². The van der Waals surface area contributed by atoms with E-state index in [1.165, 1.54) is 0 Å². The lowest BCUT2D eigenvalue weighted by molar-refractivity contribution is -0.0475. The van der Waals surface area contributed by atoms with Gasteiger partial charge in [-0.15, -0.1) is 0 Å². The van der Waals surface area contributed by atoms with Gasteiger partial charge in [-0.1, -0.05) is 47.1 Å². The third kappa shape index (κ3) is 3.44. The number of hydrogen-bond acceptors (Lipinski definition) is 7. The van der Waals surface area contributed by atoms with Crippen molar-refractivity contribution in [3.63, 3.8) is 0 Å². The number of aromatic nitrogens is 2. The first kappa shape index (κ1) is 17.5. The van der Waals surface area contributed by atoms with Crippen molar-refractivity contribution >= 4 is 11.6 Å². The fourth-order valence-electron chi connectivity index (χ4n) is 3.39. The molecule has 5 rings (SSSR count). The molecular weight excluding hydrogens is 382 g/mol. The van der Waals surface area contributed by atoms with Crippen molar-refractivity contribution in [3.8, 4) is 22.9 Å². The Kier molecular flexibility index (Phi) is 4.64. The Balaban J connectivity index is 1.30. The lowest BCUT2D eigenvalue weighted by Gasteiger charge is -2.31. The van der Waals surface area contributed by atoms with Crippen LogP contribution in [0.2, 0.25) is 5.02 Å². The van der Waals surface area contributed by atoms with E-state index in [4.69, 9.17) is 30.3 Å². The Morgan fingerprint density at radius 2 is 1.93 bits per heavy atom. The first-order valence-electron chi connectivity index (χ1n) is 9.07. The molecule has 0 spiro atoms. The number of halogens is 1. The lowest BCUT2D eigenvalue weighted by atomic mass is 10.1. The van der Waals surface area contributed by atoms with E-state index in [1.807, 2.05) is 36.4 Å². The second kappa shape index (κ2) is 7.43. The fraction of sp³-hybridized carbons (Fsp3) is 0.300. The zero-order chi connectivity index (χ0) is 18.9. The zero-order valence-corrected chi connectivity index (χ0v) is 15.8. The van der Waals surface area contributed by atoms with Gasteiger partial charge in [-0.25, -0.2) is 0 Å². The summed E-state index contributed by atoms with van der Waals surface area (Å²) in [6, 6.07) is 13.5. The molecule has 1 atom stereocenters.